The summed E-state index contributed by atoms with van der Waals surface area (Å²) in [5.74, 6) is 0.0703. The average molecular weight is 356 g/mol. The molecule has 1 aliphatic carbocycles. The smallest absolute Gasteiger partial charge is 0.230 e. The van der Waals surface area contributed by atoms with Gasteiger partial charge in [0.25, 0.3) is 0 Å². The fraction of sp³-hybridized carbons (Fsp3) is 0.800. The van der Waals surface area contributed by atoms with Crippen molar-refractivity contribution >= 4 is 43.7 Å². The van der Waals surface area contributed by atoms with E-state index in [2.05, 4.69) is 42.5 Å². The molecule has 1 saturated carbocycles. The van der Waals surface area contributed by atoms with Gasteiger partial charge in [-0.15, -0.1) is 0 Å². The van der Waals surface area contributed by atoms with Gasteiger partial charge in [0.15, 0.2) is 0 Å². The van der Waals surface area contributed by atoms with Gasteiger partial charge in [0.05, 0.1) is 10.7 Å². The van der Waals surface area contributed by atoms with Crippen LogP contribution in [0.2, 0.25) is 0 Å². The molecule has 16 heavy (non-hydrogen) atoms. The summed E-state index contributed by atoms with van der Waals surface area (Å²) in [5.41, 5.74) is 0. The first-order valence-corrected chi connectivity index (χ1v) is 7.60. The van der Waals surface area contributed by atoms with Gasteiger partial charge in [0, 0.05) is 12.1 Å². The SMILES string of the molecule is O=C(CBr)NC1CCC(NC(=O)CBr)CC1. The highest BCUT2D eigenvalue weighted by Gasteiger charge is 2.22. The summed E-state index contributed by atoms with van der Waals surface area (Å²) >= 11 is 6.24. The zero-order valence-corrected chi connectivity index (χ0v) is 12.1. The number of hydrogen-bond acceptors (Lipinski definition) is 2. The molecular weight excluding hydrogens is 340 g/mol. The van der Waals surface area contributed by atoms with E-state index in [1.54, 1.807) is 0 Å². The Kier molecular flexibility index (Phi) is 6.34. The molecule has 92 valence electrons. The van der Waals surface area contributed by atoms with E-state index >= 15 is 0 Å². The highest BCUT2D eigenvalue weighted by molar-refractivity contribution is 9.09. The number of halogens is 2. The summed E-state index contributed by atoms with van der Waals surface area (Å²) in [5, 5.41) is 6.61. The quantitative estimate of drug-likeness (QED) is 0.747. The largest absolute Gasteiger partial charge is 0.353 e. The van der Waals surface area contributed by atoms with Gasteiger partial charge in [-0.1, -0.05) is 31.9 Å². The van der Waals surface area contributed by atoms with Gasteiger partial charge < -0.3 is 10.6 Å². The van der Waals surface area contributed by atoms with Gasteiger partial charge in [-0.3, -0.25) is 9.59 Å². The first-order chi connectivity index (χ1) is 7.65. The summed E-state index contributed by atoms with van der Waals surface area (Å²) in [6, 6.07) is 0.532. The number of amides is 2. The molecule has 1 fully saturated rings. The number of rotatable bonds is 4. The minimum absolute atomic E-state index is 0.0351. The molecule has 0 radical (unpaired) electrons. The van der Waals surface area contributed by atoms with Gasteiger partial charge in [-0.05, 0) is 25.7 Å². The van der Waals surface area contributed by atoms with Crippen LogP contribution in [0.25, 0.3) is 0 Å². The summed E-state index contributed by atoms with van der Waals surface area (Å²) in [6.45, 7) is 0. The van der Waals surface area contributed by atoms with E-state index in [0.717, 1.165) is 25.7 Å². The molecule has 1 rings (SSSR count). The second-order valence-electron chi connectivity index (χ2n) is 3.95. The molecule has 0 spiro atoms. The highest BCUT2D eigenvalue weighted by atomic mass is 79.9. The zero-order valence-electron chi connectivity index (χ0n) is 8.97. The minimum atomic E-state index is 0.0351. The number of alkyl halides is 2. The van der Waals surface area contributed by atoms with Gasteiger partial charge in [0.2, 0.25) is 11.8 Å². The van der Waals surface area contributed by atoms with E-state index < -0.39 is 0 Å². The summed E-state index contributed by atoms with van der Waals surface area (Å²) < 4.78 is 0. The fourth-order valence-corrected chi connectivity index (χ4v) is 2.24. The van der Waals surface area contributed by atoms with Crippen LogP contribution >= 0.6 is 31.9 Å². The van der Waals surface area contributed by atoms with Crippen molar-refractivity contribution in [3.05, 3.63) is 0 Å². The highest BCUT2D eigenvalue weighted by Crippen LogP contribution is 2.18. The monoisotopic (exact) mass is 354 g/mol. The first kappa shape index (κ1) is 14.0. The predicted molar refractivity (Wildman–Crippen MR) is 69.9 cm³/mol. The van der Waals surface area contributed by atoms with Crippen LogP contribution in [-0.4, -0.2) is 34.6 Å². The van der Waals surface area contributed by atoms with Crippen molar-refractivity contribution < 1.29 is 9.59 Å². The lowest BCUT2D eigenvalue weighted by Gasteiger charge is -2.29. The Balaban J connectivity index is 2.23. The van der Waals surface area contributed by atoms with Crippen LogP contribution in [0, 0.1) is 0 Å². The molecule has 0 aromatic heterocycles. The van der Waals surface area contributed by atoms with E-state index in [4.69, 9.17) is 0 Å². The van der Waals surface area contributed by atoms with E-state index in [0.29, 0.717) is 10.7 Å². The third-order valence-electron chi connectivity index (χ3n) is 2.70. The van der Waals surface area contributed by atoms with Crippen LogP contribution in [0.1, 0.15) is 25.7 Å². The van der Waals surface area contributed by atoms with Crippen molar-refractivity contribution in [1.29, 1.82) is 0 Å². The standard InChI is InChI=1S/C10H16Br2N2O2/c11-5-9(15)13-7-1-2-8(4-3-7)14-10(16)6-12/h7-8H,1-6H2,(H,13,15)(H,14,16). The molecule has 1 aliphatic rings. The summed E-state index contributed by atoms with van der Waals surface area (Å²) in [6.07, 6.45) is 3.75. The van der Waals surface area contributed by atoms with Gasteiger partial charge >= 0.3 is 0 Å². The van der Waals surface area contributed by atoms with Crippen LogP contribution in [0.15, 0.2) is 0 Å². The second kappa shape index (κ2) is 7.27. The van der Waals surface area contributed by atoms with Crippen LogP contribution < -0.4 is 10.6 Å². The molecule has 0 aromatic rings. The lowest BCUT2D eigenvalue weighted by atomic mass is 9.91. The van der Waals surface area contributed by atoms with Gasteiger partial charge in [0.1, 0.15) is 0 Å². The van der Waals surface area contributed by atoms with Crippen LogP contribution in [0.5, 0.6) is 0 Å². The predicted octanol–water partition coefficient (Wildman–Crippen LogP) is 1.32. The summed E-state index contributed by atoms with van der Waals surface area (Å²) in [7, 11) is 0. The number of hydrogen-bond donors (Lipinski definition) is 2. The second-order valence-corrected chi connectivity index (χ2v) is 5.07. The maximum Gasteiger partial charge on any atom is 0.230 e. The molecule has 0 heterocycles. The molecule has 0 aliphatic heterocycles. The normalized spacial score (nSPS) is 24.9. The third kappa shape index (κ3) is 4.82. The van der Waals surface area contributed by atoms with Crippen LogP contribution in [0.4, 0.5) is 0 Å². The van der Waals surface area contributed by atoms with Crippen molar-refractivity contribution in [3.8, 4) is 0 Å². The third-order valence-corrected chi connectivity index (χ3v) is 3.72. The summed E-state index contributed by atoms with van der Waals surface area (Å²) in [4.78, 5) is 22.3. The lowest BCUT2D eigenvalue weighted by molar-refractivity contribution is -0.121. The molecule has 2 N–H and O–H groups in total. The number of nitrogens with one attached hydrogen (secondary N) is 2. The zero-order chi connectivity index (χ0) is 12.0. The number of carbonyl (C=O) groups is 2. The van der Waals surface area contributed by atoms with Gasteiger partial charge in [-0.25, -0.2) is 0 Å². The molecule has 6 heteroatoms. The Morgan fingerprint density at radius 3 is 1.44 bits per heavy atom. The average Bonchev–Trinajstić information content (AvgIpc) is 2.31. The maximum absolute atomic E-state index is 11.2. The molecule has 0 unspecified atom stereocenters. The topological polar surface area (TPSA) is 58.2 Å². The molecule has 4 nitrogen and oxygen atoms in total. The van der Waals surface area contributed by atoms with E-state index in [1.807, 2.05) is 0 Å². The molecule has 0 atom stereocenters. The van der Waals surface area contributed by atoms with Crippen LogP contribution in [0.3, 0.4) is 0 Å². The Hall–Kier alpha value is -0.100. The molecule has 0 aromatic carbocycles. The molecule has 2 amide bonds. The van der Waals surface area contributed by atoms with Crippen molar-refractivity contribution in [2.24, 2.45) is 0 Å². The van der Waals surface area contributed by atoms with Crippen molar-refractivity contribution in [2.75, 3.05) is 10.7 Å². The van der Waals surface area contributed by atoms with Crippen molar-refractivity contribution in [3.63, 3.8) is 0 Å². The first-order valence-electron chi connectivity index (χ1n) is 5.36. The molecular formula is C10H16Br2N2O2. The lowest BCUT2D eigenvalue weighted by Crippen LogP contribution is -2.44. The van der Waals surface area contributed by atoms with E-state index in [9.17, 15) is 9.59 Å². The maximum atomic E-state index is 11.2. The Labute approximate surface area is 112 Å². The molecule has 0 saturated heterocycles. The van der Waals surface area contributed by atoms with E-state index in [1.165, 1.54) is 0 Å². The Morgan fingerprint density at radius 2 is 1.19 bits per heavy atom. The van der Waals surface area contributed by atoms with E-state index in [-0.39, 0.29) is 23.9 Å². The Morgan fingerprint density at radius 1 is 0.875 bits per heavy atom. The Bertz CT molecular complexity index is 227. The van der Waals surface area contributed by atoms with Crippen LogP contribution in [-0.2, 0) is 9.59 Å². The van der Waals surface area contributed by atoms with Gasteiger partial charge in [-0.2, -0.15) is 0 Å². The number of carbonyl (C=O) groups excluding carboxylic acids is 2. The fourth-order valence-electron chi connectivity index (χ4n) is 1.91. The van der Waals surface area contributed by atoms with Crippen molar-refractivity contribution in [2.45, 2.75) is 37.8 Å². The minimum Gasteiger partial charge on any atom is -0.353 e. The van der Waals surface area contributed by atoms with Crippen molar-refractivity contribution in [1.82, 2.24) is 10.6 Å². The molecule has 0 bridgehead atoms.